The molecule has 4 rings (SSSR count). The fourth-order valence-corrected chi connectivity index (χ4v) is 5.07. The van der Waals surface area contributed by atoms with Crippen LogP contribution in [0.1, 0.15) is 49.6 Å². The molecule has 0 amide bonds. The van der Waals surface area contributed by atoms with Gasteiger partial charge in [0.2, 0.25) is 0 Å². The molecule has 0 atom stereocenters. The lowest BCUT2D eigenvalue weighted by Gasteiger charge is -2.35. The van der Waals surface area contributed by atoms with Gasteiger partial charge in [0, 0.05) is 44.3 Å². The third-order valence-corrected chi connectivity index (χ3v) is 7.27. The van der Waals surface area contributed by atoms with Crippen LogP contribution in [-0.4, -0.2) is 65.4 Å². The first-order valence-corrected chi connectivity index (χ1v) is 13.4. The number of hydrogen-bond donors (Lipinski definition) is 0. The van der Waals surface area contributed by atoms with Gasteiger partial charge < -0.3 is 9.80 Å². The van der Waals surface area contributed by atoms with Crippen LogP contribution in [-0.2, 0) is 19.4 Å². The Hall–Kier alpha value is -2.63. The number of anilines is 1. The second kappa shape index (κ2) is 11.9. The second-order valence-corrected chi connectivity index (χ2v) is 10.3. The van der Waals surface area contributed by atoms with Gasteiger partial charge in [0.05, 0.1) is 11.4 Å². The van der Waals surface area contributed by atoms with Crippen molar-refractivity contribution >= 4 is 5.82 Å². The molecule has 0 spiro atoms. The Bertz CT molecular complexity index is 1060. The Morgan fingerprint density at radius 3 is 2.37 bits per heavy atom. The van der Waals surface area contributed by atoms with Crippen LogP contribution >= 0.6 is 0 Å². The van der Waals surface area contributed by atoms with Crippen LogP contribution in [0.15, 0.2) is 54.6 Å². The number of piperazine rings is 1. The average Bonchev–Trinajstić information content (AvgIpc) is 3.22. The maximum Gasteiger partial charge on any atom is 0.137 e. The predicted octanol–water partition coefficient (Wildman–Crippen LogP) is 5.34. The topological polar surface area (TPSA) is 27.5 Å². The molecule has 0 radical (unpaired) electrons. The lowest BCUT2D eigenvalue weighted by atomic mass is 10.1. The Labute approximate surface area is 212 Å². The van der Waals surface area contributed by atoms with E-state index in [0.29, 0.717) is 6.04 Å². The molecule has 1 saturated heterocycles. The van der Waals surface area contributed by atoms with E-state index in [1.165, 1.54) is 40.3 Å². The van der Waals surface area contributed by atoms with E-state index in [-0.39, 0.29) is 0 Å². The van der Waals surface area contributed by atoms with Gasteiger partial charge in [-0.1, -0.05) is 49.4 Å². The number of nitrogens with zero attached hydrogens (tertiary/aromatic N) is 5. The van der Waals surface area contributed by atoms with E-state index in [4.69, 9.17) is 5.10 Å². The van der Waals surface area contributed by atoms with Crippen molar-refractivity contribution in [3.63, 3.8) is 0 Å². The van der Waals surface area contributed by atoms with Gasteiger partial charge in [-0.15, -0.1) is 0 Å². The molecule has 0 unspecified atom stereocenters. The number of aryl methyl sites for hydroxylation is 3. The van der Waals surface area contributed by atoms with E-state index >= 15 is 0 Å². The highest BCUT2D eigenvalue weighted by atomic mass is 15.4. The normalized spacial score (nSPS) is 14.9. The monoisotopic (exact) mass is 473 g/mol. The van der Waals surface area contributed by atoms with E-state index in [1.54, 1.807) is 0 Å². The Morgan fingerprint density at radius 2 is 1.71 bits per heavy atom. The highest BCUT2D eigenvalue weighted by Gasteiger charge is 2.27. The molecule has 0 N–H and O–H groups in total. The van der Waals surface area contributed by atoms with Crippen molar-refractivity contribution in [1.29, 1.82) is 0 Å². The summed E-state index contributed by atoms with van der Waals surface area (Å²) >= 11 is 0. The molecule has 0 aliphatic carbocycles. The lowest BCUT2D eigenvalue weighted by Crippen LogP contribution is -2.45. The lowest BCUT2D eigenvalue weighted by molar-refractivity contribution is 0.209. The summed E-state index contributed by atoms with van der Waals surface area (Å²) in [6.07, 6.45) is 3.24. The smallest absolute Gasteiger partial charge is 0.137 e. The van der Waals surface area contributed by atoms with Crippen molar-refractivity contribution in [1.82, 2.24) is 19.6 Å². The zero-order valence-electron chi connectivity index (χ0n) is 22.4. The molecule has 1 aliphatic rings. The Balaban J connectivity index is 1.64. The maximum absolute atomic E-state index is 5.21. The van der Waals surface area contributed by atoms with Crippen molar-refractivity contribution in [2.75, 3.05) is 44.7 Å². The van der Waals surface area contributed by atoms with Crippen molar-refractivity contribution in [2.45, 2.75) is 59.5 Å². The van der Waals surface area contributed by atoms with Crippen LogP contribution in [0.3, 0.4) is 0 Å². The summed E-state index contributed by atoms with van der Waals surface area (Å²) in [7, 11) is 2.22. The zero-order chi connectivity index (χ0) is 24.8. The number of rotatable bonds is 10. The van der Waals surface area contributed by atoms with Gasteiger partial charge in [-0.3, -0.25) is 4.90 Å². The molecule has 35 heavy (non-hydrogen) atoms. The molecule has 3 aromatic rings. The third-order valence-electron chi connectivity index (χ3n) is 7.27. The largest absolute Gasteiger partial charge is 0.354 e. The highest BCUT2D eigenvalue weighted by molar-refractivity contribution is 5.56. The molecule has 5 heteroatoms. The van der Waals surface area contributed by atoms with E-state index in [9.17, 15) is 0 Å². The molecule has 1 aromatic heterocycles. The first kappa shape index (κ1) is 25.5. The summed E-state index contributed by atoms with van der Waals surface area (Å²) in [5, 5.41) is 5.21. The second-order valence-electron chi connectivity index (χ2n) is 10.3. The summed E-state index contributed by atoms with van der Waals surface area (Å²) in [5.74, 6) is 1.30. The minimum Gasteiger partial charge on any atom is -0.354 e. The van der Waals surface area contributed by atoms with E-state index < -0.39 is 0 Å². The van der Waals surface area contributed by atoms with E-state index in [0.717, 1.165) is 52.1 Å². The van der Waals surface area contributed by atoms with Gasteiger partial charge in [0.1, 0.15) is 5.82 Å². The molecule has 5 nitrogen and oxygen atoms in total. The summed E-state index contributed by atoms with van der Waals surface area (Å²) in [5.41, 5.74) is 6.50. The van der Waals surface area contributed by atoms with Gasteiger partial charge in [0.15, 0.2) is 0 Å². The van der Waals surface area contributed by atoms with Crippen LogP contribution in [0.5, 0.6) is 0 Å². The van der Waals surface area contributed by atoms with Crippen LogP contribution < -0.4 is 4.90 Å². The van der Waals surface area contributed by atoms with Crippen LogP contribution in [0.25, 0.3) is 5.69 Å². The van der Waals surface area contributed by atoms with Gasteiger partial charge in [-0.25, -0.2) is 4.68 Å². The molecule has 188 valence electrons. The fourth-order valence-electron chi connectivity index (χ4n) is 5.07. The van der Waals surface area contributed by atoms with Gasteiger partial charge in [0.25, 0.3) is 0 Å². The Morgan fingerprint density at radius 1 is 0.971 bits per heavy atom. The number of likely N-dealkylation sites (N-methyl/N-ethyl adjacent to an activating group) is 1. The summed E-state index contributed by atoms with van der Waals surface area (Å²) < 4.78 is 2.23. The summed E-state index contributed by atoms with van der Waals surface area (Å²) in [4.78, 5) is 7.64. The van der Waals surface area contributed by atoms with Gasteiger partial charge >= 0.3 is 0 Å². The quantitative estimate of drug-likeness (QED) is 0.397. The fraction of sp³-hybridized carbons (Fsp3) is 0.500. The molecule has 2 aromatic carbocycles. The number of benzene rings is 2. The molecule has 1 fully saturated rings. The molecular formula is C30H43N5. The summed E-state index contributed by atoms with van der Waals surface area (Å²) in [6, 6.07) is 20.1. The molecule has 0 bridgehead atoms. The predicted molar refractivity (Wildman–Crippen MR) is 148 cm³/mol. The first-order valence-electron chi connectivity index (χ1n) is 13.4. The van der Waals surface area contributed by atoms with Gasteiger partial charge in [-0.2, -0.15) is 5.10 Å². The molecule has 1 aliphatic heterocycles. The number of hydrogen-bond acceptors (Lipinski definition) is 4. The Kier molecular flexibility index (Phi) is 8.64. The minimum absolute atomic E-state index is 0.484. The third kappa shape index (κ3) is 6.33. The van der Waals surface area contributed by atoms with Crippen LogP contribution in [0.2, 0.25) is 0 Å². The van der Waals surface area contributed by atoms with E-state index in [1.807, 2.05) is 0 Å². The summed E-state index contributed by atoms with van der Waals surface area (Å²) in [6.45, 7) is 15.4. The van der Waals surface area contributed by atoms with Crippen molar-refractivity contribution in [2.24, 2.45) is 0 Å². The maximum atomic E-state index is 5.21. The van der Waals surface area contributed by atoms with Gasteiger partial charge in [-0.05, 0) is 76.9 Å². The van der Waals surface area contributed by atoms with Crippen molar-refractivity contribution in [3.8, 4) is 5.69 Å². The standard InChI is InChI=1S/C30H43N5/c1-6-29-28(23-34(24(2)3)17-11-15-26-13-8-7-9-14-26)30(33-20-18-32(5)19-21-33)35(31-29)27-16-10-12-25(4)22-27/h7-10,12-14,16,22,24H,6,11,15,17-21,23H2,1-5H3. The molecule has 2 heterocycles. The van der Waals surface area contributed by atoms with Crippen LogP contribution in [0, 0.1) is 6.92 Å². The first-order chi connectivity index (χ1) is 17.0. The molecule has 0 saturated carbocycles. The highest BCUT2D eigenvalue weighted by Crippen LogP contribution is 2.31. The minimum atomic E-state index is 0.484. The average molecular weight is 474 g/mol. The SMILES string of the molecule is CCc1nn(-c2cccc(C)c2)c(N2CCN(C)CC2)c1CN(CCCc1ccccc1)C(C)C. The molecular weight excluding hydrogens is 430 g/mol. The van der Waals surface area contributed by atoms with Crippen molar-refractivity contribution in [3.05, 3.63) is 77.0 Å². The number of aromatic nitrogens is 2. The van der Waals surface area contributed by atoms with E-state index in [2.05, 4.69) is 109 Å². The zero-order valence-corrected chi connectivity index (χ0v) is 22.4. The van der Waals surface area contributed by atoms with Crippen LogP contribution in [0.4, 0.5) is 5.82 Å². The van der Waals surface area contributed by atoms with Crippen molar-refractivity contribution < 1.29 is 0 Å².